The number of anilines is 2. The second-order valence-corrected chi connectivity index (χ2v) is 11.1. The Morgan fingerprint density at radius 2 is 1.95 bits per heavy atom. The maximum Gasteiger partial charge on any atom is 0.287 e. The molecule has 0 unspecified atom stereocenters. The number of benzene rings is 1. The molecule has 39 heavy (non-hydrogen) atoms. The first kappa shape index (κ1) is 28.0. The van der Waals surface area contributed by atoms with E-state index in [0.717, 1.165) is 11.3 Å². The van der Waals surface area contributed by atoms with Gasteiger partial charge in [0, 0.05) is 18.3 Å². The molecule has 3 aliphatic rings. The van der Waals surface area contributed by atoms with Crippen molar-refractivity contribution in [2.45, 2.75) is 69.3 Å². The molecule has 0 radical (unpaired) electrons. The third-order valence-corrected chi connectivity index (χ3v) is 8.20. The van der Waals surface area contributed by atoms with Crippen molar-refractivity contribution in [2.24, 2.45) is 0 Å². The van der Waals surface area contributed by atoms with E-state index in [4.69, 9.17) is 25.8 Å². The van der Waals surface area contributed by atoms with Gasteiger partial charge < -0.3 is 24.4 Å². The van der Waals surface area contributed by atoms with Crippen LogP contribution in [0.1, 0.15) is 50.1 Å². The van der Waals surface area contributed by atoms with Gasteiger partial charge in [-0.2, -0.15) is 5.10 Å². The van der Waals surface area contributed by atoms with Gasteiger partial charge in [0.15, 0.2) is 11.8 Å². The van der Waals surface area contributed by atoms with Crippen molar-refractivity contribution < 1.29 is 23.4 Å². The number of hydrogen-bond donors (Lipinski definition) is 1. The molecule has 11 heteroatoms. The van der Waals surface area contributed by atoms with Crippen molar-refractivity contribution in [3.63, 3.8) is 0 Å². The maximum absolute atomic E-state index is 14.9. The Morgan fingerprint density at radius 3 is 2.62 bits per heavy atom. The van der Waals surface area contributed by atoms with Crippen molar-refractivity contribution in [3.8, 4) is 0 Å². The molecule has 2 aromatic rings. The van der Waals surface area contributed by atoms with E-state index in [2.05, 4.69) is 10.4 Å². The van der Waals surface area contributed by atoms with Crippen LogP contribution in [-0.2, 0) is 19.0 Å². The minimum atomic E-state index is -1.50. The summed E-state index contributed by atoms with van der Waals surface area (Å²) in [6.45, 7) is 3.72. The number of carbonyl (C=O) groups is 1. The molecule has 1 N–H and O–H groups in total. The molecule has 2 saturated heterocycles. The van der Waals surface area contributed by atoms with Crippen LogP contribution in [0.15, 0.2) is 35.3 Å². The predicted octanol–water partition coefficient (Wildman–Crippen LogP) is 4.07. The summed E-state index contributed by atoms with van der Waals surface area (Å²) in [6, 6.07) is 7.71. The Bertz CT molecular complexity index is 1190. The number of ether oxygens (including phenoxy) is 3. The van der Waals surface area contributed by atoms with Crippen molar-refractivity contribution in [1.29, 1.82) is 0 Å². The summed E-state index contributed by atoms with van der Waals surface area (Å²) in [5.41, 5.74) is 0.356. The lowest BCUT2D eigenvalue weighted by Gasteiger charge is -2.39. The van der Waals surface area contributed by atoms with Crippen LogP contribution in [0.3, 0.4) is 0 Å². The van der Waals surface area contributed by atoms with Crippen LogP contribution in [-0.4, -0.2) is 73.1 Å². The Hall–Kier alpha value is -2.53. The van der Waals surface area contributed by atoms with E-state index < -0.39 is 17.3 Å². The fraction of sp³-hybridized carbons (Fsp3) is 0.607. The van der Waals surface area contributed by atoms with Gasteiger partial charge in [0.1, 0.15) is 5.02 Å². The number of aromatic nitrogens is 2. The monoisotopic (exact) mass is 562 g/mol. The number of halogens is 2. The normalized spacial score (nSPS) is 27.6. The molecule has 1 amide bonds. The second-order valence-electron chi connectivity index (χ2n) is 10.7. The number of aryl methyl sites for hydroxylation is 1. The molecule has 1 saturated carbocycles. The fourth-order valence-corrected chi connectivity index (χ4v) is 5.81. The first-order chi connectivity index (χ1) is 18.8. The van der Waals surface area contributed by atoms with Crippen LogP contribution in [0.2, 0.25) is 5.02 Å². The van der Waals surface area contributed by atoms with Crippen molar-refractivity contribution in [1.82, 2.24) is 9.78 Å². The Labute approximate surface area is 232 Å². The number of amides is 1. The van der Waals surface area contributed by atoms with E-state index >= 15 is 0 Å². The van der Waals surface area contributed by atoms with Crippen LogP contribution >= 0.6 is 11.6 Å². The topological polar surface area (TPSA) is 94.9 Å². The van der Waals surface area contributed by atoms with Gasteiger partial charge in [-0.3, -0.25) is 9.59 Å². The van der Waals surface area contributed by atoms with Gasteiger partial charge in [0.25, 0.3) is 11.5 Å². The SMILES string of the molecule is Cc1ccc(N(C(=O)[C@@H]2COCCO2)C2CCC(n3ncc(NC[C@@]4(F)CCCOC4)c(Cl)c3=O)CC2)cc1. The highest BCUT2D eigenvalue weighted by atomic mass is 35.5. The minimum Gasteiger partial charge on any atom is -0.379 e. The van der Waals surface area contributed by atoms with E-state index in [0.29, 0.717) is 64.0 Å². The van der Waals surface area contributed by atoms with Gasteiger partial charge >= 0.3 is 0 Å². The molecule has 0 bridgehead atoms. The molecule has 5 rings (SSSR count). The van der Waals surface area contributed by atoms with Gasteiger partial charge in [-0.05, 0) is 57.6 Å². The lowest BCUT2D eigenvalue weighted by atomic mass is 9.89. The standard InChI is InChI=1S/C28H36ClFN4O5/c1-19-3-5-20(6-4-19)33(26(35)24-16-37-13-14-39-24)21-7-9-22(10-8-21)34-27(36)25(29)23(15-32-34)31-17-28(30)11-2-12-38-18-28/h3-6,15,21-22,24,31H,2,7-14,16-18H2,1H3/t21?,22?,24-,28-/m0/s1. The molecule has 2 aliphatic heterocycles. The van der Waals surface area contributed by atoms with Gasteiger partial charge in [0.2, 0.25) is 0 Å². The third-order valence-electron chi connectivity index (χ3n) is 7.83. The quantitative estimate of drug-likeness (QED) is 0.543. The largest absolute Gasteiger partial charge is 0.379 e. The van der Waals surface area contributed by atoms with Gasteiger partial charge in [-0.1, -0.05) is 29.3 Å². The third kappa shape index (κ3) is 6.45. The van der Waals surface area contributed by atoms with Gasteiger partial charge in [-0.15, -0.1) is 0 Å². The van der Waals surface area contributed by atoms with Crippen LogP contribution in [0.4, 0.5) is 15.8 Å². The molecular formula is C28H36ClFN4O5. The van der Waals surface area contributed by atoms with E-state index in [9.17, 15) is 14.0 Å². The van der Waals surface area contributed by atoms with E-state index in [1.165, 1.54) is 10.9 Å². The number of nitrogens with zero attached hydrogens (tertiary/aromatic N) is 3. The van der Waals surface area contributed by atoms with Crippen LogP contribution in [0, 0.1) is 6.92 Å². The first-order valence-electron chi connectivity index (χ1n) is 13.7. The first-order valence-corrected chi connectivity index (χ1v) is 14.1. The molecule has 1 aliphatic carbocycles. The van der Waals surface area contributed by atoms with Crippen molar-refractivity contribution in [2.75, 3.05) is 49.8 Å². The minimum absolute atomic E-state index is 0.00152. The van der Waals surface area contributed by atoms with Crippen molar-refractivity contribution in [3.05, 3.63) is 51.4 Å². The highest BCUT2D eigenvalue weighted by Gasteiger charge is 2.36. The number of hydrogen-bond acceptors (Lipinski definition) is 7. The molecule has 2 atom stereocenters. The van der Waals surface area contributed by atoms with E-state index in [1.807, 2.05) is 36.1 Å². The summed E-state index contributed by atoms with van der Waals surface area (Å²) in [5, 5.41) is 7.33. The maximum atomic E-state index is 14.9. The fourth-order valence-electron chi connectivity index (χ4n) is 5.61. The average molecular weight is 563 g/mol. The van der Waals surface area contributed by atoms with E-state index in [-0.39, 0.29) is 42.8 Å². The molecule has 3 heterocycles. The Balaban J connectivity index is 1.27. The summed E-state index contributed by atoms with van der Waals surface area (Å²) in [5.74, 6) is -0.107. The summed E-state index contributed by atoms with van der Waals surface area (Å²) < 4.78 is 32.8. The number of alkyl halides is 1. The van der Waals surface area contributed by atoms with Gasteiger partial charge in [-0.25, -0.2) is 9.07 Å². The molecule has 1 aromatic heterocycles. The van der Waals surface area contributed by atoms with Gasteiger partial charge in [0.05, 0.1) is 50.9 Å². The average Bonchev–Trinajstić information content (AvgIpc) is 2.96. The van der Waals surface area contributed by atoms with Crippen LogP contribution in [0.5, 0.6) is 0 Å². The predicted molar refractivity (Wildman–Crippen MR) is 146 cm³/mol. The molecule has 1 aromatic carbocycles. The molecular weight excluding hydrogens is 527 g/mol. The smallest absolute Gasteiger partial charge is 0.287 e. The highest BCUT2D eigenvalue weighted by molar-refractivity contribution is 6.32. The zero-order chi connectivity index (χ0) is 27.4. The highest BCUT2D eigenvalue weighted by Crippen LogP contribution is 2.34. The zero-order valence-corrected chi connectivity index (χ0v) is 23.0. The van der Waals surface area contributed by atoms with Crippen molar-refractivity contribution >= 4 is 28.9 Å². The van der Waals surface area contributed by atoms with E-state index in [1.54, 1.807) is 0 Å². The zero-order valence-electron chi connectivity index (χ0n) is 22.2. The Kier molecular flexibility index (Phi) is 8.86. The molecule has 3 fully saturated rings. The molecule has 212 valence electrons. The van der Waals surface area contributed by atoms with Crippen LogP contribution < -0.4 is 15.8 Å². The number of carbonyl (C=O) groups excluding carboxylic acids is 1. The number of rotatable bonds is 7. The number of nitrogens with one attached hydrogen (secondary N) is 1. The molecule has 9 nitrogen and oxygen atoms in total. The summed E-state index contributed by atoms with van der Waals surface area (Å²) in [4.78, 5) is 28.5. The Morgan fingerprint density at radius 1 is 1.18 bits per heavy atom. The summed E-state index contributed by atoms with van der Waals surface area (Å²) in [6.07, 6.45) is 4.60. The summed E-state index contributed by atoms with van der Waals surface area (Å²) in [7, 11) is 0. The molecule has 0 spiro atoms. The van der Waals surface area contributed by atoms with Crippen LogP contribution in [0.25, 0.3) is 0 Å². The lowest BCUT2D eigenvalue weighted by molar-refractivity contribution is -0.145. The second kappa shape index (κ2) is 12.3. The summed E-state index contributed by atoms with van der Waals surface area (Å²) >= 11 is 6.41. The lowest BCUT2D eigenvalue weighted by Crippen LogP contribution is -2.51.